The number of hydrogen-bond acceptors (Lipinski definition) is 4. The van der Waals surface area contributed by atoms with E-state index in [0.717, 1.165) is 31.8 Å². The molecule has 2 aromatic rings. The summed E-state index contributed by atoms with van der Waals surface area (Å²) in [4.78, 5) is 17.3. The van der Waals surface area contributed by atoms with Gasteiger partial charge in [-0.3, -0.25) is 9.69 Å². The minimum Gasteiger partial charge on any atom is -0.365 e. The van der Waals surface area contributed by atoms with Crippen molar-refractivity contribution in [3.63, 3.8) is 0 Å². The second-order valence-electron chi connectivity index (χ2n) is 9.91. The molecule has 2 aromatic carbocycles. The molecule has 3 fully saturated rings. The van der Waals surface area contributed by atoms with Crippen molar-refractivity contribution in [1.82, 2.24) is 9.80 Å². The molecule has 0 saturated carbocycles. The zero-order valence-corrected chi connectivity index (χ0v) is 20.0. The molecule has 2 bridgehead atoms. The highest BCUT2D eigenvalue weighted by Gasteiger charge is 2.43. The Morgan fingerprint density at radius 3 is 2.00 bits per heavy atom. The Bertz CT molecular complexity index is 866. The third-order valence-electron chi connectivity index (χ3n) is 7.39. The fraction of sp³-hybridized carbons (Fsp3) is 0.519. The van der Waals surface area contributed by atoms with E-state index in [9.17, 15) is 4.79 Å². The van der Waals surface area contributed by atoms with E-state index in [-0.39, 0.29) is 17.0 Å². The van der Waals surface area contributed by atoms with Gasteiger partial charge in [-0.25, -0.2) is 0 Å². The summed E-state index contributed by atoms with van der Waals surface area (Å²) >= 11 is 1.76. The summed E-state index contributed by atoms with van der Waals surface area (Å²) in [5.74, 6) is 1.12. The Kier molecular flexibility index (Phi) is 6.33. The van der Waals surface area contributed by atoms with Crippen LogP contribution in [0.4, 0.5) is 0 Å². The Balaban J connectivity index is 1.23. The molecule has 2 unspecified atom stereocenters. The van der Waals surface area contributed by atoms with Gasteiger partial charge >= 0.3 is 0 Å². The van der Waals surface area contributed by atoms with E-state index in [2.05, 4.69) is 65.6 Å². The molecule has 3 heterocycles. The van der Waals surface area contributed by atoms with Crippen LogP contribution in [0.25, 0.3) is 0 Å². The van der Waals surface area contributed by atoms with Gasteiger partial charge in [-0.05, 0) is 50.7 Å². The predicted molar refractivity (Wildman–Crippen MR) is 131 cm³/mol. The quantitative estimate of drug-likeness (QED) is 0.588. The Hall–Kier alpha value is -1.82. The lowest BCUT2D eigenvalue weighted by atomic mass is 9.97. The van der Waals surface area contributed by atoms with Crippen LogP contribution >= 0.6 is 11.8 Å². The Morgan fingerprint density at radius 1 is 0.938 bits per heavy atom. The molecule has 32 heavy (non-hydrogen) atoms. The molecule has 0 radical (unpaired) electrons. The molecule has 5 rings (SSSR count). The zero-order valence-electron chi connectivity index (χ0n) is 19.2. The number of benzene rings is 2. The highest BCUT2D eigenvalue weighted by Crippen LogP contribution is 2.40. The molecule has 3 saturated heterocycles. The first-order valence-electron chi connectivity index (χ1n) is 12.0. The van der Waals surface area contributed by atoms with Gasteiger partial charge in [0.1, 0.15) is 6.10 Å². The predicted octanol–water partition coefficient (Wildman–Crippen LogP) is 5.10. The second-order valence-corrected chi connectivity index (χ2v) is 11.5. The summed E-state index contributed by atoms with van der Waals surface area (Å²) in [6.07, 6.45) is 4.92. The maximum Gasteiger partial charge on any atom is 0.239 e. The molecule has 4 nitrogen and oxygen atoms in total. The number of carbonyl (C=O) groups is 1. The van der Waals surface area contributed by atoms with Crippen molar-refractivity contribution in [3.05, 3.63) is 71.8 Å². The summed E-state index contributed by atoms with van der Waals surface area (Å²) in [7, 11) is 0. The number of fused-ring (bicyclic) bond motifs is 2. The summed E-state index contributed by atoms with van der Waals surface area (Å²) in [5.41, 5.74) is 2.45. The Labute approximate surface area is 196 Å². The van der Waals surface area contributed by atoms with Crippen molar-refractivity contribution in [3.8, 4) is 0 Å². The number of thioether (sulfide) groups is 1. The minimum atomic E-state index is -0.260. The van der Waals surface area contributed by atoms with Crippen LogP contribution in [-0.4, -0.2) is 57.6 Å². The number of carbonyl (C=O) groups excluding carboxylic acids is 1. The van der Waals surface area contributed by atoms with Crippen LogP contribution in [0, 0.1) is 0 Å². The SMILES string of the molecule is CC1(C)SCN(CCN2C3CCC2CC(OC(c2ccccc2)c2ccccc2)C3)C1=O. The van der Waals surface area contributed by atoms with Crippen LogP contribution in [-0.2, 0) is 9.53 Å². The first-order valence-corrected chi connectivity index (χ1v) is 12.9. The van der Waals surface area contributed by atoms with Crippen molar-refractivity contribution in [2.24, 2.45) is 0 Å². The van der Waals surface area contributed by atoms with Crippen LogP contribution in [0.3, 0.4) is 0 Å². The molecule has 3 aliphatic rings. The van der Waals surface area contributed by atoms with Gasteiger partial charge in [0.25, 0.3) is 0 Å². The van der Waals surface area contributed by atoms with Crippen LogP contribution < -0.4 is 0 Å². The number of ether oxygens (including phenoxy) is 1. The number of piperidine rings is 1. The molecule has 0 N–H and O–H groups in total. The van der Waals surface area contributed by atoms with Gasteiger partial charge in [0.05, 0.1) is 16.7 Å². The normalized spacial score (nSPS) is 27.4. The van der Waals surface area contributed by atoms with E-state index in [1.54, 1.807) is 11.8 Å². The average Bonchev–Trinajstić information content (AvgIpc) is 3.21. The van der Waals surface area contributed by atoms with Gasteiger partial charge in [0.2, 0.25) is 5.91 Å². The molecule has 2 atom stereocenters. The van der Waals surface area contributed by atoms with Crippen molar-refractivity contribution >= 4 is 17.7 Å². The zero-order chi connectivity index (χ0) is 22.1. The first kappa shape index (κ1) is 22.0. The molecular weight excluding hydrogens is 416 g/mol. The van der Waals surface area contributed by atoms with Crippen molar-refractivity contribution in [1.29, 1.82) is 0 Å². The van der Waals surface area contributed by atoms with Crippen LogP contribution in [0.2, 0.25) is 0 Å². The Morgan fingerprint density at radius 2 is 1.50 bits per heavy atom. The average molecular weight is 451 g/mol. The molecule has 1 amide bonds. The van der Waals surface area contributed by atoms with Gasteiger partial charge in [-0.2, -0.15) is 0 Å². The summed E-state index contributed by atoms with van der Waals surface area (Å²) in [6, 6.07) is 22.4. The topological polar surface area (TPSA) is 32.8 Å². The van der Waals surface area contributed by atoms with E-state index in [4.69, 9.17) is 4.74 Å². The van der Waals surface area contributed by atoms with Gasteiger partial charge in [-0.15, -0.1) is 11.8 Å². The number of hydrogen-bond donors (Lipinski definition) is 0. The van der Waals surface area contributed by atoms with Gasteiger partial charge in [0.15, 0.2) is 0 Å². The molecule has 0 spiro atoms. The highest BCUT2D eigenvalue weighted by atomic mass is 32.2. The molecule has 170 valence electrons. The van der Waals surface area contributed by atoms with E-state index in [1.165, 1.54) is 24.0 Å². The molecule has 0 aliphatic carbocycles. The van der Waals surface area contributed by atoms with E-state index >= 15 is 0 Å². The summed E-state index contributed by atoms with van der Waals surface area (Å²) in [6.45, 7) is 5.93. The summed E-state index contributed by atoms with van der Waals surface area (Å²) in [5, 5.41) is 0. The standard InChI is InChI=1S/C27H34N2O2S/c1-27(2)26(30)28(19-32-27)15-16-29-22-13-14-23(29)18-24(17-22)31-25(20-9-5-3-6-10-20)21-11-7-4-8-12-21/h3-12,22-25H,13-19H2,1-2H3. The fourth-order valence-electron chi connectivity index (χ4n) is 5.64. The van der Waals surface area contributed by atoms with E-state index < -0.39 is 0 Å². The lowest BCUT2D eigenvalue weighted by Gasteiger charge is -2.40. The maximum absolute atomic E-state index is 12.6. The minimum absolute atomic E-state index is 0.0187. The third-order valence-corrected chi connectivity index (χ3v) is 8.72. The van der Waals surface area contributed by atoms with Gasteiger partial charge in [-0.1, -0.05) is 60.7 Å². The smallest absolute Gasteiger partial charge is 0.239 e. The van der Waals surface area contributed by atoms with Crippen molar-refractivity contribution in [2.45, 2.75) is 68.6 Å². The first-order chi connectivity index (χ1) is 15.5. The highest BCUT2D eigenvalue weighted by molar-refractivity contribution is 8.01. The molecular formula is C27H34N2O2S. The van der Waals surface area contributed by atoms with Crippen LogP contribution in [0.15, 0.2) is 60.7 Å². The third kappa shape index (κ3) is 4.48. The molecule has 5 heteroatoms. The lowest BCUT2D eigenvalue weighted by molar-refractivity contribution is -0.131. The second kappa shape index (κ2) is 9.20. The van der Waals surface area contributed by atoms with Gasteiger partial charge in [0, 0.05) is 25.2 Å². The molecule has 3 aliphatic heterocycles. The maximum atomic E-state index is 12.6. The largest absolute Gasteiger partial charge is 0.365 e. The van der Waals surface area contributed by atoms with E-state index in [1.807, 2.05) is 18.7 Å². The number of rotatable bonds is 7. The van der Waals surface area contributed by atoms with Crippen molar-refractivity contribution < 1.29 is 9.53 Å². The van der Waals surface area contributed by atoms with Crippen LogP contribution in [0.1, 0.15) is 56.8 Å². The van der Waals surface area contributed by atoms with Crippen molar-refractivity contribution in [2.75, 3.05) is 19.0 Å². The monoisotopic (exact) mass is 450 g/mol. The van der Waals surface area contributed by atoms with Crippen LogP contribution in [0.5, 0.6) is 0 Å². The lowest BCUT2D eigenvalue weighted by Crippen LogP contribution is -2.49. The fourth-order valence-corrected chi connectivity index (χ4v) is 6.62. The number of nitrogens with zero attached hydrogens (tertiary/aromatic N) is 2. The van der Waals surface area contributed by atoms with E-state index in [0.29, 0.717) is 18.0 Å². The van der Waals surface area contributed by atoms with Gasteiger partial charge < -0.3 is 9.64 Å². The molecule has 0 aromatic heterocycles. The number of amides is 1. The summed E-state index contributed by atoms with van der Waals surface area (Å²) < 4.78 is 6.56.